The van der Waals surface area contributed by atoms with E-state index in [1.54, 1.807) is 20.8 Å². The van der Waals surface area contributed by atoms with Gasteiger partial charge in [-0.2, -0.15) is 0 Å². The molecule has 0 rings (SSSR count). The second-order valence-corrected chi connectivity index (χ2v) is 3.39. The fourth-order valence-electron chi connectivity index (χ4n) is 0.125. The number of ether oxygens (including phenoxy) is 1. The number of rotatable bonds is 2. The molecular formula is C7H12BrO4. The molecule has 0 atom stereocenters. The Labute approximate surface area is 80.0 Å². The number of alkyl halides is 1. The molecule has 1 radical (unpaired) electrons. The first-order valence-corrected chi connectivity index (χ1v) is 4.28. The van der Waals surface area contributed by atoms with Crippen LogP contribution in [0.2, 0.25) is 0 Å². The predicted octanol–water partition coefficient (Wildman–Crippen LogP) is 1.33. The number of hydrogen-bond donors (Lipinski definition) is 1. The first-order valence-electron chi connectivity index (χ1n) is 3.16. The third kappa shape index (κ3) is 22.7. The van der Waals surface area contributed by atoms with E-state index in [9.17, 15) is 9.59 Å². The van der Waals surface area contributed by atoms with Crippen LogP contribution in [0.15, 0.2) is 0 Å². The average Bonchev–Trinajstić information content (AvgIpc) is 1.86. The largest absolute Gasteiger partial charge is 0.481 e. The van der Waals surface area contributed by atoms with Crippen molar-refractivity contribution in [1.82, 2.24) is 0 Å². The lowest BCUT2D eigenvalue weighted by atomic mass is 10.2. The van der Waals surface area contributed by atoms with Gasteiger partial charge in [-0.3, -0.25) is 4.79 Å². The summed E-state index contributed by atoms with van der Waals surface area (Å²) in [6.45, 7) is 6.73. The Morgan fingerprint density at radius 1 is 1.58 bits per heavy atom. The highest BCUT2D eigenvalue weighted by Gasteiger charge is 2.08. The van der Waals surface area contributed by atoms with Gasteiger partial charge in [-0.15, -0.1) is 0 Å². The molecule has 0 aromatic carbocycles. The van der Waals surface area contributed by atoms with E-state index in [1.165, 1.54) is 6.47 Å². The highest BCUT2D eigenvalue weighted by atomic mass is 79.9. The molecule has 0 saturated heterocycles. The van der Waals surface area contributed by atoms with Crippen molar-refractivity contribution in [2.24, 2.45) is 0 Å². The molecule has 0 saturated carbocycles. The van der Waals surface area contributed by atoms with E-state index in [4.69, 9.17) is 5.11 Å². The van der Waals surface area contributed by atoms with Crippen LogP contribution < -0.4 is 0 Å². The van der Waals surface area contributed by atoms with E-state index < -0.39 is 5.97 Å². The lowest BCUT2D eigenvalue weighted by molar-refractivity contribution is -0.133. The minimum atomic E-state index is -0.829. The molecule has 12 heavy (non-hydrogen) atoms. The number of aliphatic carboxylic acids is 1. The van der Waals surface area contributed by atoms with Crippen molar-refractivity contribution in [2.45, 2.75) is 26.4 Å². The van der Waals surface area contributed by atoms with Crippen molar-refractivity contribution in [3.05, 3.63) is 0 Å². The SMILES string of the molecule is CC(C)(C)O[C]=O.O=C(O)CBr. The van der Waals surface area contributed by atoms with E-state index in [0.29, 0.717) is 0 Å². The molecule has 0 bridgehead atoms. The van der Waals surface area contributed by atoms with Gasteiger partial charge in [0, 0.05) is 0 Å². The minimum absolute atomic E-state index is 0.0347. The third-order valence-corrected chi connectivity index (χ3v) is 0.942. The van der Waals surface area contributed by atoms with Crippen molar-refractivity contribution in [3.8, 4) is 0 Å². The summed E-state index contributed by atoms with van der Waals surface area (Å²) >= 11 is 2.71. The standard InChI is InChI=1S/C5H9O2.C2H3BrO2/c1-5(2,3)7-4-6;3-1-2(4)5/h1-3H3;1H2,(H,4,5). The Morgan fingerprint density at radius 2 is 1.92 bits per heavy atom. The average molecular weight is 240 g/mol. The molecule has 71 valence electrons. The molecule has 4 nitrogen and oxygen atoms in total. The molecule has 0 aromatic rings. The van der Waals surface area contributed by atoms with E-state index in [-0.39, 0.29) is 10.9 Å². The zero-order chi connectivity index (χ0) is 10.2. The van der Waals surface area contributed by atoms with Crippen LogP contribution in [0.4, 0.5) is 0 Å². The molecule has 0 fully saturated rings. The van der Waals surface area contributed by atoms with Crippen molar-refractivity contribution in [1.29, 1.82) is 0 Å². The number of carbonyl (C=O) groups excluding carboxylic acids is 1. The maximum Gasteiger partial charge on any atom is 0.418 e. The number of hydrogen-bond acceptors (Lipinski definition) is 3. The Hall–Kier alpha value is -0.580. The summed E-state index contributed by atoms with van der Waals surface area (Å²) < 4.78 is 4.42. The quantitative estimate of drug-likeness (QED) is 0.739. The summed E-state index contributed by atoms with van der Waals surface area (Å²) in [5, 5.41) is 7.71. The molecule has 0 aliphatic rings. The van der Waals surface area contributed by atoms with Crippen LogP contribution >= 0.6 is 15.9 Å². The lowest BCUT2D eigenvalue weighted by Crippen LogP contribution is -2.17. The topological polar surface area (TPSA) is 63.6 Å². The van der Waals surface area contributed by atoms with Crippen molar-refractivity contribution >= 4 is 28.4 Å². The molecule has 1 N–H and O–H groups in total. The summed E-state index contributed by atoms with van der Waals surface area (Å²) in [5.41, 5.74) is -0.373. The Balaban J connectivity index is 0. The van der Waals surface area contributed by atoms with Gasteiger partial charge in [0.05, 0.1) is 0 Å². The zero-order valence-corrected chi connectivity index (χ0v) is 8.84. The lowest BCUT2D eigenvalue weighted by Gasteiger charge is -2.13. The predicted molar refractivity (Wildman–Crippen MR) is 48.0 cm³/mol. The van der Waals surface area contributed by atoms with Crippen LogP contribution in [-0.4, -0.2) is 28.5 Å². The van der Waals surface area contributed by atoms with Gasteiger partial charge in [0.25, 0.3) is 0 Å². The van der Waals surface area contributed by atoms with E-state index in [1.807, 2.05) is 0 Å². The third-order valence-electron chi connectivity index (χ3n) is 0.462. The monoisotopic (exact) mass is 239 g/mol. The molecule has 0 aliphatic heterocycles. The molecule has 0 aliphatic carbocycles. The van der Waals surface area contributed by atoms with E-state index >= 15 is 0 Å². The Bertz CT molecular complexity index is 139. The van der Waals surface area contributed by atoms with Gasteiger partial charge >= 0.3 is 12.4 Å². The molecule has 0 heterocycles. The van der Waals surface area contributed by atoms with Crippen LogP contribution in [0, 0.1) is 0 Å². The smallest absolute Gasteiger partial charge is 0.418 e. The van der Waals surface area contributed by atoms with Gasteiger partial charge in [0.1, 0.15) is 10.9 Å². The van der Waals surface area contributed by atoms with Crippen LogP contribution in [-0.2, 0) is 14.3 Å². The molecule has 0 amide bonds. The first kappa shape index (κ1) is 14.0. The van der Waals surface area contributed by atoms with Crippen LogP contribution in [0.25, 0.3) is 0 Å². The van der Waals surface area contributed by atoms with Gasteiger partial charge in [-0.05, 0) is 20.8 Å². The molecule has 5 heteroatoms. The van der Waals surface area contributed by atoms with Crippen LogP contribution in [0.3, 0.4) is 0 Å². The summed E-state index contributed by atoms with van der Waals surface area (Å²) in [6, 6.07) is 0. The van der Waals surface area contributed by atoms with Crippen molar-refractivity contribution in [2.75, 3.05) is 5.33 Å². The highest BCUT2D eigenvalue weighted by Crippen LogP contribution is 2.02. The van der Waals surface area contributed by atoms with E-state index in [0.717, 1.165) is 0 Å². The van der Waals surface area contributed by atoms with Gasteiger partial charge in [-0.1, -0.05) is 15.9 Å². The van der Waals surface area contributed by atoms with Crippen LogP contribution in [0.1, 0.15) is 20.8 Å². The fraction of sp³-hybridized carbons (Fsp3) is 0.714. The van der Waals surface area contributed by atoms with Gasteiger partial charge in [0.15, 0.2) is 0 Å². The normalized spacial score (nSPS) is 9.33. The Morgan fingerprint density at radius 3 is 1.92 bits per heavy atom. The second kappa shape index (κ2) is 7.09. The summed E-state index contributed by atoms with van der Waals surface area (Å²) in [4.78, 5) is 18.8. The number of halogens is 1. The van der Waals surface area contributed by atoms with Gasteiger partial charge in [0.2, 0.25) is 0 Å². The maximum absolute atomic E-state index is 9.47. The maximum atomic E-state index is 9.47. The molecular weight excluding hydrogens is 228 g/mol. The highest BCUT2D eigenvalue weighted by molar-refractivity contribution is 9.09. The minimum Gasteiger partial charge on any atom is -0.481 e. The van der Waals surface area contributed by atoms with Gasteiger partial charge < -0.3 is 9.84 Å². The summed E-state index contributed by atoms with van der Waals surface area (Å²) in [6.07, 6.45) is 0. The molecule has 0 aromatic heterocycles. The molecule has 0 unspecified atom stereocenters. The second-order valence-electron chi connectivity index (χ2n) is 2.83. The van der Waals surface area contributed by atoms with Crippen LogP contribution in [0.5, 0.6) is 0 Å². The zero-order valence-electron chi connectivity index (χ0n) is 7.26. The summed E-state index contributed by atoms with van der Waals surface area (Å²) in [7, 11) is 0. The summed E-state index contributed by atoms with van der Waals surface area (Å²) in [5.74, 6) is -0.829. The number of carboxylic acids is 1. The van der Waals surface area contributed by atoms with Gasteiger partial charge in [-0.25, -0.2) is 4.79 Å². The fourth-order valence-corrected chi connectivity index (χ4v) is 0.125. The number of carboxylic acid groups (broad SMARTS) is 1. The Kier molecular flexibility index (Phi) is 8.26. The first-order chi connectivity index (χ1) is 5.33. The van der Waals surface area contributed by atoms with Crippen molar-refractivity contribution < 1.29 is 19.4 Å². The van der Waals surface area contributed by atoms with E-state index in [2.05, 4.69) is 20.7 Å². The molecule has 0 spiro atoms. The van der Waals surface area contributed by atoms with Crippen molar-refractivity contribution in [3.63, 3.8) is 0 Å². The number of carbonyl (C=O) groups is 1.